The average molecular weight is 247 g/mol. The molecule has 1 aromatic carbocycles. The van der Waals surface area contributed by atoms with Gasteiger partial charge in [-0.25, -0.2) is 0 Å². The van der Waals surface area contributed by atoms with E-state index in [9.17, 15) is 9.59 Å². The first kappa shape index (κ1) is 12.4. The summed E-state index contributed by atoms with van der Waals surface area (Å²) in [5.41, 5.74) is 11.9. The second kappa shape index (κ2) is 5.08. The number of primary amides is 2. The summed E-state index contributed by atoms with van der Waals surface area (Å²) in [7, 11) is 0. The van der Waals surface area contributed by atoms with Crippen molar-refractivity contribution in [3.63, 3.8) is 0 Å². The van der Waals surface area contributed by atoms with Gasteiger partial charge in [-0.3, -0.25) is 9.59 Å². The summed E-state index contributed by atoms with van der Waals surface area (Å²) in [4.78, 5) is 22.5. The van der Waals surface area contributed by atoms with Gasteiger partial charge >= 0.3 is 0 Å². The first-order valence-electron chi connectivity index (χ1n) is 6.08. The van der Waals surface area contributed by atoms with Crippen molar-refractivity contribution in [1.82, 2.24) is 0 Å². The summed E-state index contributed by atoms with van der Waals surface area (Å²) in [5, 5.41) is 3.28. The zero-order valence-electron chi connectivity index (χ0n) is 10.1. The number of nitrogens with two attached hydrogens (primary N) is 2. The fourth-order valence-electron chi connectivity index (χ4n) is 2.32. The van der Waals surface area contributed by atoms with E-state index in [1.54, 1.807) is 12.1 Å². The fourth-order valence-corrected chi connectivity index (χ4v) is 2.32. The first-order chi connectivity index (χ1) is 8.58. The Morgan fingerprint density at radius 1 is 1.11 bits per heavy atom. The molecule has 1 saturated carbocycles. The highest BCUT2D eigenvalue weighted by Crippen LogP contribution is 2.25. The minimum atomic E-state index is -0.513. The Hall–Kier alpha value is -2.04. The van der Waals surface area contributed by atoms with Gasteiger partial charge in [0, 0.05) is 17.3 Å². The number of amides is 2. The van der Waals surface area contributed by atoms with Gasteiger partial charge in [0.1, 0.15) is 0 Å². The van der Waals surface area contributed by atoms with Gasteiger partial charge in [-0.05, 0) is 31.0 Å². The second-order valence-corrected chi connectivity index (χ2v) is 4.61. The summed E-state index contributed by atoms with van der Waals surface area (Å²) in [6.45, 7) is 0. The number of carbonyl (C=O) groups is 2. The third-order valence-electron chi connectivity index (χ3n) is 3.28. The van der Waals surface area contributed by atoms with Crippen LogP contribution in [0.5, 0.6) is 0 Å². The van der Waals surface area contributed by atoms with Gasteiger partial charge < -0.3 is 16.8 Å². The number of hydrogen-bond donors (Lipinski definition) is 3. The van der Waals surface area contributed by atoms with Crippen molar-refractivity contribution in [2.24, 2.45) is 11.5 Å². The quantitative estimate of drug-likeness (QED) is 0.746. The SMILES string of the molecule is NC(=O)c1ccc(C(N)=O)c(NC2CCCC2)c1. The maximum atomic E-state index is 11.3. The molecular weight excluding hydrogens is 230 g/mol. The van der Waals surface area contributed by atoms with Gasteiger partial charge in [0.25, 0.3) is 5.91 Å². The molecule has 1 fully saturated rings. The van der Waals surface area contributed by atoms with E-state index in [1.807, 2.05) is 0 Å². The smallest absolute Gasteiger partial charge is 0.250 e. The van der Waals surface area contributed by atoms with Crippen LogP contribution in [0.2, 0.25) is 0 Å². The Labute approximate surface area is 106 Å². The van der Waals surface area contributed by atoms with Crippen LogP contribution in [0.3, 0.4) is 0 Å². The van der Waals surface area contributed by atoms with Gasteiger partial charge in [-0.2, -0.15) is 0 Å². The zero-order chi connectivity index (χ0) is 13.1. The maximum absolute atomic E-state index is 11.3. The van der Waals surface area contributed by atoms with E-state index in [2.05, 4.69) is 5.32 Å². The largest absolute Gasteiger partial charge is 0.382 e. The Morgan fingerprint density at radius 3 is 2.33 bits per heavy atom. The molecule has 0 heterocycles. The second-order valence-electron chi connectivity index (χ2n) is 4.61. The molecule has 2 amide bonds. The van der Waals surface area contributed by atoms with Crippen molar-refractivity contribution in [2.75, 3.05) is 5.32 Å². The molecule has 5 nitrogen and oxygen atoms in total. The van der Waals surface area contributed by atoms with Crippen molar-refractivity contribution >= 4 is 17.5 Å². The molecule has 96 valence electrons. The molecule has 0 spiro atoms. The summed E-state index contributed by atoms with van der Waals surface area (Å²) in [5.74, 6) is -1.02. The number of rotatable bonds is 4. The summed E-state index contributed by atoms with van der Waals surface area (Å²) in [6.07, 6.45) is 4.50. The molecule has 5 N–H and O–H groups in total. The Balaban J connectivity index is 2.30. The zero-order valence-corrected chi connectivity index (χ0v) is 10.1. The molecule has 1 aliphatic carbocycles. The lowest BCUT2D eigenvalue weighted by atomic mass is 10.1. The molecule has 0 radical (unpaired) electrons. The van der Waals surface area contributed by atoms with Crippen LogP contribution in [0.25, 0.3) is 0 Å². The highest BCUT2D eigenvalue weighted by molar-refractivity contribution is 6.01. The molecule has 18 heavy (non-hydrogen) atoms. The average Bonchev–Trinajstić information content (AvgIpc) is 2.81. The van der Waals surface area contributed by atoms with Crippen LogP contribution in [0.1, 0.15) is 46.4 Å². The van der Waals surface area contributed by atoms with Crippen LogP contribution in [0, 0.1) is 0 Å². The van der Waals surface area contributed by atoms with E-state index in [4.69, 9.17) is 11.5 Å². The molecule has 1 aromatic rings. The highest BCUT2D eigenvalue weighted by Gasteiger charge is 2.18. The van der Waals surface area contributed by atoms with E-state index in [-0.39, 0.29) is 0 Å². The highest BCUT2D eigenvalue weighted by atomic mass is 16.1. The minimum Gasteiger partial charge on any atom is -0.382 e. The van der Waals surface area contributed by atoms with Gasteiger partial charge in [0.2, 0.25) is 5.91 Å². The van der Waals surface area contributed by atoms with Crippen LogP contribution in [-0.4, -0.2) is 17.9 Å². The lowest BCUT2D eigenvalue weighted by Crippen LogP contribution is -2.21. The van der Waals surface area contributed by atoms with Gasteiger partial charge in [0.05, 0.1) is 5.56 Å². The summed E-state index contributed by atoms with van der Waals surface area (Å²) in [6, 6.07) is 4.99. The lowest BCUT2D eigenvalue weighted by Gasteiger charge is -2.16. The molecular formula is C13H17N3O2. The van der Waals surface area contributed by atoms with Crippen LogP contribution >= 0.6 is 0 Å². The monoisotopic (exact) mass is 247 g/mol. The number of hydrogen-bond acceptors (Lipinski definition) is 3. The summed E-state index contributed by atoms with van der Waals surface area (Å²) < 4.78 is 0. The lowest BCUT2D eigenvalue weighted by molar-refractivity contribution is 0.0989. The number of nitrogens with one attached hydrogen (secondary N) is 1. The van der Waals surface area contributed by atoms with E-state index in [1.165, 1.54) is 18.9 Å². The topological polar surface area (TPSA) is 98.2 Å². The van der Waals surface area contributed by atoms with Gasteiger partial charge in [-0.15, -0.1) is 0 Å². The van der Waals surface area contributed by atoms with Crippen LogP contribution in [0.15, 0.2) is 18.2 Å². The fraction of sp³-hybridized carbons (Fsp3) is 0.385. The molecule has 0 saturated heterocycles. The van der Waals surface area contributed by atoms with E-state index >= 15 is 0 Å². The number of anilines is 1. The third kappa shape index (κ3) is 2.61. The number of carbonyl (C=O) groups excluding carboxylic acids is 2. The maximum Gasteiger partial charge on any atom is 0.250 e. The van der Waals surface area contributed by atoms with Crippen molar-refractivity contribution in [1.29, 1.82) is 0 Å². The number of benzene rings is 1. The predicted octanol–water partition coefficient (Wildman–Crippen LogP) is 1.24. The van der Waals surface area contributed by atoms with Gasteiger partial charge in [-0.1, -0.05) is 12.8 Å². The summed E-state index contributed by atoms with van der Waals surface area (Å²) >= 11 is 0. The molecule has 0 aliphatic heterocycles. The Morgan fingerprint density at radius 2 is 1.78 bits per heavy atom. The molecule has 0 bridgehead atoms. The Bertz CT molecular complexity index is 479. The molecule has 5 heteroatoms. The molecule has 1 aliphatic rings. The molecule has 0 aromatic heterocycles. The van der Waals surface area contributed by atoms with Crippen LogP contribution in [0.4, 0.5) is 5.69 Å². The predicted molar refractivity (Wildman–Crippen MR) is 69.4 cm³/mol. The molecule has 0 atom stereocenters. The first-order valence-corrected chi connectivity index (χ1v) is 6.08. The normalized spacial score (nSPS) is 15.6. The standard InChI is InChI=1S/C13H17N3O2/c14-12(17)8-5-6-10(13(15)18)11(7-8)16-9-3-1-2-4-9/h5-7,9,16H,1-4H2,(H2,14,17)(H2,15,18). The van der Waals surface area contributed by atoms with Crippen molar-refractivity contribution in [2.45, 2.75) is 31.7 Å². The van der Waals surface area contributed by atoms with Crippen molar-refractivity contribution < 1.29 is 9.59 Å². The van der Waals surface area contributed by atoms with Crippen LogP contribution < -0.4 is 16.8 Å². The van der Waals surface area contributed by atoms with Crippen molar-refractivity contribution in [3.05, 3.63) is 29.3 Å². The Kier molecular flexibility index (Phi) is 3.50. The molecule has 0 unspecified atom stereocenters. The molecule has 2 rings (SSSR count). The minimum absolute atomic E-state index is 0.339. The van der Waals surface area contributed by atoms with E-state index in [0.717, 1.165) is 12.8 Å². The van der Waals surface area contributed by atoms with Crippen LogP contribution in [-0.2, 0) is 0 Å². The third-order valence-corrected chi connectivity index (χ3v) is 3.28. The van der Waals surface area contributed by atoms with Gasteiger partial charge in [0.15, 0.2) is 0 Å². The van der Waals surface area contributed by atoms with E-state index < -0.39 is 11.8 Å². The van der Waals surface area contributed by atoms with Crippen molar-refractivity contribution in [3.8, 4) is 0 Å². The van der Waals surface area contributed by atoms with E-state index in [0.29, 0.717) is 22.9 Å².